The zero-order valence-corrected chi connectivity index (χ0v) is 8.02. The van der Waals surface area contributed by atoms with Crippen molar-refractivity contribution >= 4 is 5.97 Å². The molecule has 0 aromatic rings. The Morgan fingerprint density at radius 3 is 2.25 bits per heavy atom. The molecule has 0 N–H and O–H groups in total. The molecule has 1 aliphatic carbocycles. The van der Waals surface area contributed by atoms with Crippen molar-refractivity contribution in [2.75, 3.05) is 0 Å². The third-order valence-electron chi connectivity index (χ3n) is 2.44. The number of carbonyl (C=O) groups is 1. The summed E-state index contributed by atoms with van der Waals surface area (Å²) < 4.78 is 5.33. The second kappa shape index (κ2) is 2.92. The Morgan fingerprint density at radius 1 is 1.50 bits per heavy atom. The summed E-state index contributed by atoms with van der Waals surface area (Å²) in [6, 6.07) is 0. The molecule has 1 aliphatic rings. The van der Waals surface area contributed by atoms with Gasteiger partial charge in [0, 0.05) is 5.57 Å². The average molecular weight is 168 g/mol. The third kappa shape index (κ3) is 1.68. The molecule has 0 heterocycles. The molecule has 68 valence electrons. The summed E-state index contributed by atoms with van der Waals surface area (Å²) in [5.41, 5.74) is 0.331. The zero-order chi connectivity index (χ0) is 9.35. The van der Waals surface area contributed by atoms with Gasteiger partial charge in [0.25, 0.3) is 0 Å². The second-order valence-corrected chi connectivity index (χ2v) is 3.89. The number of hydrogen-bond acceptors (Lipinski definition) is 2. The van der Waals surface area contributed by atoms with Gasteiger partial charge in [0.2, 0.25) is 0 Å². The van der Waals surface area contributed by atoms with Gasteiger partial charge in [-0.15, -0.1) is 0 Å². The first-order chi connectivity index (χ1) is 5.48. The van der Waals surface area contributed by atoms with Gasteiger partial charge in [0.15, 0.2) is 0 Å². The van der Waals surface area contributed by atoms with Crippen LogP contribution in [0.4, 0.5) is 0 Å². The maximum absolute atomic E-state index is 11.2. The monoisotopic (exact) mass is 168 g/mol. The van der Waals surface area contributed by atoms with Crippen molar-refractivity contribution in [3.05, 3.63) is 12.2 Å². The molecular weight excluding hydrogens is 152 g/mol. The maximum atomic E-state index is 11.2. The lowest BCUT2D eigenvalue weighted by molar-refractivity contribution is -0.148. The summed E-state index contributed by atoms with van der Waals surface area (Å²) in [5.74, 6) is 0.169. The van der Waals surface area contributed by atoms with E-state index in [2.05, 4.69) is 20.4 Å². The summed E-state index contributed by atoms with van der Waals surface area (Å²) in [7, 11) is 0. The molecule has 1 saturated carbocycles. The van der Waals surface area contributed by atoms with E-state index in [1.165, 1.54) is 0 Å². The van der Waals surface area contributed by atoms with E-state index in [9.17, 15) is 4.79 Å². The number of carbonyl (C=O) groups excluding carboxylic acids is 1. The van der Waals surface area contributed by atoms with Crippen molar-refractivity contribution in [2.24, 2.45) is 5.92 Å². The van der Waals surface area contributed by atoms with Crippen molar-refractivity contribution in [1.82, 2.24) is 0 Å². The normalized spacial score (nSPS) is 19.0. The van der Waals surface area contributed by atoms with Gasteiger partial charge in [0.1, 0.15) is 5.60 Å². The minimum Gasteiger partial charge on any atom is -0.455 e. The van der Waals surface area contributed by atoms with E-state index in [0.717, 1.165) is 12.8 Å². The lowest BCUT2D eigenvalue weighted by atomic mass is 10.1. The quantitative estimate of drug-likeness (QED) is 0.477. The van der Waals surface area contributed by atoms with Gasteiger partial charge in [-0.2, -0.15) is 0 Å². The lowest BCUT2D eigenvalue weighted by Gasteiger charge is -2.20. The van der Waals surface area contributed by atoms with Gasteiger partial charge in [-0.25, -0.2) is 4.79 Å². The average Bonchev–Trinajstić information content (AvgIpc) is 2.68. The molecule has 0 aromatic carbocycles. The molecule has 2 nitrogen and oxygen atoms in total. The van der Waals surface area contributed by atoms with E-state index in [0.29, 0.717) is 11.5 Å². The summed E-state index contributed by atoms with van der Waals surface area (Å²) in [6.45, 7) is 9.40. The Bertz CT molecular complexity index is 212. The molecule has 2 heteroatoms. The van der Waals surface area contributed by atoms with Crippen molar-refractivity contribution < 1.29 is 9.53 Å². The van der Waals surface area contributed by atoms with Crippen LogP contribution in [0, 0.1) is 5.92 Å². The Morgan fingerprint density at radius 2 is 2.00 bits per heavy atom. The van der Waals surface area contributed by atoms with Crippen LogP contribution in [0.2, 0.25) is 0 Å². The van der Waals surface area contributed by atoms with Crippen molar-refractivity contribution in [1.29, 1.82) is 0 Å². The Kier molecular flexibility index (Phi) is 2.27. The summed E-state index contributed by atoms with van der Waals surface area (Å²) in [6.07, 6.45) is 2.01. The van der Waals surface area contributed by atoms with E-state index < -0.39 is 0 Å². The summed E-state index contributed by atoms with van der Waals surface area (Å²) in [5, 5.41) is 0. The fraction of sp³-hybridized carbons (Fsp3) is 0.700. The molecule has 0 aromatic heterocycles. The molecule has 0 atom stereocenters. The highest BCUT2D eigenvalue weighted by molar-refractivity contribution is 5.87. The molecule has 0 unspecified atom stereocenters. The van der Waals surface area contributed by atoms with Gasteiger partial charge >= 0.3 is 5.97 Å². The largest absolute Gasteiger partial charge is 0.455 e. The SMILES string of the molecule is C=C(C)C(=O)OC1(C(C)C)CC1. The fourth-order valence-corrected chi connectivity index (χ4v) is 1.19. The van der Waals surface area contributed by atoms with Gasteiger partial charge in [0.05, 0.1) is 0 Å². The minimum atomic E-state index is -0.249. The van der Waals surface area contributed by atoms with E-state index in [1.54, 1.807) is 6.92 Å². The van der Waals surface area contributed by atoms with Gasteiger partial charge in [-0.3, -0.25) is 0 Å². The molecule has 0 aliphatic heterocycles. The first-order valence-corrected chi connectivity index (χ1v) is 4.37. The first-order valence-electron chi connectivity index (χ1n) is 4.37. The molecule has 1 fully saturated rings. The van der Waals surface area contributed by atoms with Crippen LogP contribution in [0.1, 0.15) is 33.6 Å². The van der Waals surface area contributed by atoms with E-state index in [4.69, 9.17) is 4.74 Å². The first kappa shape index (κ1) is 9.30. The van der Waals surface area contributed by atoms with Crippen molar-refractivity contribution in [2.45, 2.75) is 39.2 Å². The fourth-order valence-electron chi connectivity index (χ4n) is 1.19. The molecule has 0 amide bonds. The highest BCUT2D eigenvalue weighted by Crippen LogP contribution is 2.46. The maximum Gasteiger partial charge on any atom is 0.333 e. The van der Waals surface area contributed by atoms with Crippen LogP contribution < -0.4 is 0 Å². The number of hydrogen-bond donors (Lipinski definition) is 0. The van der Waals surface area contributed by atoms with Crippen molar-refractivity contribution in [3.63, 3.8) is 0 Å². The number of rotatable bonds is 3. The van der Waals surface area contributed by atoms with E-state index in [-0.39, 0.29) is 11.6 Å². The molecule has 0 bridgehead atoms. The highest BCUT2D eigenvalue weighted by Gasteiger charge is 2.49. The predicted molar refractivity (Wildman–Crippen MR) is 47.7 cm³/mol. The van der Waals surface area contributed by atoms with Gasteiger partial charge < -0.3 is 4.74 Å². The van der Waals surface area contributed by atoms with Crippen LogP contribution in [0.3, 0.4) is 0 Å². The van der Waals surface area contributed by atoms with E-state index in [1.807, 2.05) is 0 Å². The van der Waals surface area contributed by atoms with Crippen LogP contribution in [0.25, 0.3) is 0 Å². The van der Waals surface area contributed by atoms with Crippen LogP contribution in [-0.4, -0.2) is 11.6 Å². The summed E-state index contributed by atoms with van der Waals surface area (Å²) in [4.78, 5) is 11.2. The summed E-state index contributed by atoms with van der Waals surface area (Å²) >= 11 is 0. The van der Waals surface area contributed by atoms with Gasteiger partial charge in [-0.05, 0) is 25.7 Å². The molecular formula is C10H16O2. The van der Waals surface area contributed by atoms with Crippen molar-refractivity contribution in [3.8, 4) is 0 Å². The molecule has 0 saturated heterocycles. The topological polar surface area (TPSA) is 26.3 Å². The van der Waals surface area contributed by atoms with Crippen LogP contribution in [0.15, 0.2) is 12.2 Å². The third-order valence-corrected chi connectivity index (χ3v) is 2.44. The molecule has 0 radical (unpaired) electrons. The van der Waals surface area contributed by atoms with Crippen LogP contribution in [-0.2, 0) is 9.53 Å². The number of esters is 1. The van der Waals surface area contributed by atoms with Gasteiger partial charge in [-0.1, -0.05) is 20.4 Å². The predicted octanol–water partition coefficient (Wildman–Crippen LogP) is 2.29. The van der Waals surface area contributed by atoms with Crippen LogP contribution >= 0.6 is 0 Å². The Labute approximate surface area is 73.6 Å². The van der Waals surface area contributed by atoms with E-state index >= 15 is 0 Å². The number of ether oxygens (including phenoxy) is 1. The minimum absolute atomic E-state index is 0.157. The standard InChI is InChI=1S/C10H16O2/c1-7(2)9(11)12-10(5-6-10)8(3)4/h8H,1,5-6H2,2-4H3. The highest BCUT2D eigenvalue weighted by atomic mass is 16.6. The smallest absolute Gasteiger partial charge is 0.333 e. The van der Waals surface area contributed by atoms with Crippen LogP contribution in [0.5, 0.6) is 0 Å². The Hall–Kier alpha value is -0.790. The Balaban J connectivity index is 2.51. The zero-order valence-electron chi connectivity index (χ0n) is 8.02. The second-order valence-electron chi connectivity index (χ2n) is 3.89. The molecule has 12 heavy (non-hydrogen) atoms. The molecule has 0 spiro atoms. The lowest BCUT2D eigenvalue weighted by Crippen LogP contribution is -2.25. The molecule has 1 rings (SSSR count).